The van der Waals surface area contributed by atoms with Gasteiger partial charge in [-0.15, -0.1) is 0 Å². The number of benzene rings is 2. The Bertz CT molecular complexity index is 984. The summed E-state index contributed by atoms with van der Waals surface area (Å²) in [4.78, 5) is 25.7. The van der Waals surface area contributed by atoms with Crippen LogP contribution in [0.2, 0.25) is 0 Å². The van der Waals surface area contributed by atoms with Crippen LogP contribution in [0.4, 0.5) is 5.69 Å². The fourth-order valence-electron chi connectivity index (χ4n) is 2.63. The van der Waals surface area contributed by atoms with Gasteiger partial charge in [0.15, 0.2) is 0 Å². The number of aryl methyl sites for hydroxylation is 3. The average Bonchev–Trinajstić information content (AvgIpc) is 2.74. The Balaban J connectivity index is 2.16. The summed E-state index contributed by atoms with van der Waals surface area (Å²) >= 11 is 1.56. The average molecular weight is 341 g/mol. The highest BCUT2D eigenvalue weighted by Crippen LogP contribution is 2.36. The second-order valence-electron chi connectivity index (χ2n) is 5.83. The molecule has 0 fully saturated rings. The molecular weight excluding hydrogens is 322 g/mol. The number of hydrogen-bond donors (Lipinski definition) is 1. The molecule has 1 amide bonds. The van der Waals surface area contributed by atoms with Crippen molar-refractivity contribution in [3.8, 4) is 0 Å². The maximum atomic E-state index is 12.2. The second kappa shape index (κ2) is 6.20. The van der Waals surface area contributed by atoms with Crippen LogP contribution < -0.4 is 11.0 Å². The van der Waals surface area contributed by atoms with Gasteiger partial charge in [0.25, 0.3) is 0 Å². The van der Waals surface area contributed by atoms with Crippen LogP contribution in [0, 0.1) is 6.92 Å². The van der Waals surface area contributed by atoms with Gasteiger partial charge in [-0.3, -0.25) is 13.9 Å². The van der Waals surface area contributed by atoms with Gasteiger partial charge in [-0.2, -0.15) is 0 Å². The number of carbonyl (C=O) groups is 1. The van der Waals surface area contributed by atoms with Crippen molar-refractivity contribution in [2.75, 3.05) is 5.32 Å². The standard InChI is InChI=1S/C18H19N3O2S/c1-11-5-7-13(8-6-11)24-17-10-16-15(9-14(17)19-12(2)22)20(3)18(23)21(16)4/h5-10H,1-4H3,(H,19,22). The first-order valence-electron chi connectivity index (χ1n) is 7.58. The van der Waals surface area contributed by atoms with E-state index in [0.29, 0.717) is 5.69 Å². The van der Waals surface area contributed by atoms with E-state index in [1.807, 2.05) is 31.2 Å². The largest absolute Gasteiger partial charge is 0.328 e. The smallest absolute Gasteiger partial charge is 0.325 e. The zero-order valence-electron chi connectivity index (χ0n) is 14.1. The first-order valence-corrected chi connectivity index (χ1v) is 8.40. The number of hydrogen-bond acceptors (Lipinski definition) is 3. The zero-order valence-corrected chi connectivity index (χ0v) is 14.9. The molecule has 124 valence electrons. The van der Waals surface area contributed by atoms with E-state index in [2.05, 4.69) is 17.4 Å². The fourth-order valence-corrected chi connectivity index (χ4v) is 3.55. The van der Waals surface area contributed by atoms with E-state index in [4.69, 9.17) is 0 Å². The van der Waals surface area contributed by atoms with Gasteiger partial charge >= 0.3 is 5.69 Å². The third-order valence-electron chi connectivity index (χ3n) is 3.93. The van der Waals surface area contributed by atoms with Crippen LogP contribution in [0.1, 0.15) is 12.5 Å². The van der Waals surface area contributed by atoms with Gasteiger partial charge in [-0.05, 0) is 31.2 Å². The van der Waals surface area contributed by atoms with E-state index in [1.165, 1.54) is 12.5 Å². The Morgan fingerprint density at radius 2 is 1.62 bits per heavy atom. The summed E-state index contributed by atoms with van der Waals surface area (Å²) in [5.41, 5.74) is 3.45. The van der Waals surface area contributed by atoms with Crippen LogP contribution in [0.15, 0.2) is 51.0 Å². The van der Waals surface area contributed by atoms with Gasteiger partial charge in [0.1, 0.15) is 0 Å². The molecule has 0 saturated carbocycles. The molecule has 3 aromatic rings. The fraction of sp³-hybridized carbons (Fsp3) is 0.222. The molecule has 0 radical (unpaired) electrons. The van der Waals surface area contributed by atoms with E-state index >= 15 is 0 Å². The van der Waals surface area contributed by atoms with Crippen LogP contribution >= 0.6 is 11.8 Å². The topological polar surface area (TPSA) is 56.0 Å². The zero-order chi connectivity index (χ0) is 17.4. The molecule has 1 aromatic heterocycles. The van der Waals surface area contributed by atoms with Gasteiger partial charge in [-0.25, -0.2) is 4.79 Å². The normalized spacial score (nSPS) is 11.0. The molecule has 0 bridgehead atoms. The number of carbonyl (C=O) groups excluding carboxylic acids is 1. The highest BCUT2D eigenvalue weighted by molar-refractivity contribution is 7.99. The molecular formula is C18H19N3O2S. The minimum absolute atomic E-state index is 0.0868. The summed E-state index contributed by atoms with van der Waals surface area (Å²) in [7, 11) is 3.48. The van der Waals surface area contributed by atoms with E-state index in [1.54, 1.807) is 35.0 Å². The summed E-state index contributed by atoms with van der Waals surface area (Å²) in [6, 6.07) is 12.0. The molecule has 0 atom stereocenters. The highest BCUT2D eigenvalue weighted by atomic mass is 32.2. The van der Waals surface area contributed by atoms with Crippen LogP contribution in [0.3, 0.4) is 0 Å². The van der Waals surface area contributed by atoms with E-state index in [0.717, 1.165) is 20.8 Å². The third kappa shape index (κ3) is 2.97. The van der Waals surface area contributed by atoms with Crippen molar-refractivity contribution in [2.24, 2.45) is 14.1 Å². The Kier molecular flexibility index (Phi) is 4.24. The number of fused-ring (bicyclic) bond motifs is 1. The van der Waals surface area contributed by atoms with Crippen molar-refractivity contribution >= 4 is 34.4 Å². The van der Waals surface area contributed by atoms with Gasteiger partial charge in [0.05, 0.1) is 16.7 Å². The van der Waals surface area contributed by atoms with E-state index < -0.39 is 0 Å². The molecule has 0 aliphatic rings. The van der Waals surface area contributed by atoms with Crippen molar-refractivity contribution in [2.45, 2.75) is 23.6 Å². The molecule has 3 rings (SSSR count). The quantitative estimate of drug-likeness (QED) is 0.795. The first kappa shape index (κ1) is 16.4. The summed E-state index contributed by atoms with van der Waals surface area (Å²) in [5, 5.41) is 2.87. The van der Waals surface area contributed by atoms with Crippen LogP contribution in [-0.2, 0) is 18.9 Å². The minimum Gasteiger partial charge on any atom is -0.325 e. The van der Waals surface area contributed by atoms with E-state index in [9.17, 15) is 9.59 Å². The Morgan fingerprint density at radius 1 is 1.04 bits per heavy atom. The molecule has 5 nitrogen and oxygen atoms in total. The van der Waals surface area contributed by atoms with Crippen LogP contribution in [0.5, 0.6) is 0 Å². The predicted octanol–water partition coefficient (Wildman–Crippen LogP) is 3.30. The SMILES string of the molecule is CC(=O)Nc1cc2c(cc1Sc1ccc(C)cc1)n(C)c(=O)n2C. The number of nitrogens with zero attached hydrogens (tertiary/aromatic N) is 2. The number of aromatic nitrogens is 2. The van der Waals surface area contributed by atoms with Crippen LogP contribution in [0.25, 0.3) is 11.0 Å². The summed E-state index contributed by atoms with van der Waals surface area (Å²) < 4.78 is 3.20. The van der Waals surface area contributed by atoms with Gasteiger partial charge in [0, 0.05) is 30.8 Å². The lowest BCUT2D eigenvalue weighted by atomic mass is 10.2. The molecule has 0 unspecified atom stereocenters. The van der Waals surface area contributed by atoms with Gasteiger partial charge in [0.2, 0.25) is 5.91 Å². The molecule has 0 saturated heterocycles. The lowest BCUT2D eigenvalue weighted by Crippen LogP contribution is -2.19. The maximum Gasteiger partial charge on any atom is 0.328 e. The second-order valence-corrected chi connectivity index (χ2v) is 6.95. The minimum atomic E-state index is -0.138. The first-order chi connectivity index (χ1) is 11.4. The number of anilines is 1. The number of amides is 1. The molecule has 1 heterocycles. The lowest BCUT2D eigenvalue weighted by molar-refractivity contribution is -0.114. The Labute approximate surface area is 144 Å². The summed E-state index contributed by atoms with van der Waals surface area (Å²) in [6.07, 6.45) is 0. The van der Waals surface area contributed by atoms with Crippen molar-refractivity contribution < 1.29 is 4.79 Å². The molecule has 0 aliphatic heterocycles. The number of nitrogens with one attached hydrogen (secondary N) is 1. The van der Waals surface area contributed by atoms with E-state index in [-0.39, 0.29) is 11.6 Å². The van der Waals surface area contributed by atoms with Crippen molar-refractivity contribution in [1.82, 2.24) is 9.13 Å². The number of imidazole rings is 1. The molecule has 1 N–H and O–H groups in total. The van der Waals surface area contributed by atoms with Gasteiger partial charge in [-0.1, -0.05) is 29.5 Å². The molecule has 6 heteroatoms. The van der Waals surface area contributed by atoms with Crippen molar-refractivity contribution in [1.29, 1.82) is 0 Å². The maximum absolute atomic E-state index is 12.2. The summed E-state index contributed by atoms with van der Waals surface area (Å²) in [6.45, 7) is 3.53. The molecule has 2 aromatic carbocycles. The third-order valence-corrected chi connectivity index (χ3v) is 5.00. The molecule has 24 heavy (non-hydrogen) atoms. The lowest BCUT2D eigenvalue weighted by Gasteiger charge is -2.11. The monoisotopic (exact) mass is 341 g/mol. The Morgan fingerprint density at radius 3 is 2.21 bits per heavy atom. The number of rotatable bonds is 3. The summed E-state index contributed by atoms with van der Waals surface area (Å²) in [5.74, 6) is -0.138. The van der Waals surface area contributed by atoms with Crippen LogP contribution in [-0.4, -0.2) is 15.0 Å². The molecule has 0 aliphatic carbocycles. The van der Waals surface area contributed by atoms with Crippen molar-refractivity contribution in [3.63, 3.8) is 0 Å². The Hall–Kier alpha value is -2.47. The van der Waals surface area contributed by atoms with Crippen molar-refractivity contribution in [3.05, 3.63) is 52.4 Å². The van der Waals surface area contributed by atoms with Gasteiger partial charge < -0.3 is 5.32 Å². The highest BCUT2D eigenvalue weighted by Gasteiger charge is 2.14. The molecule has 0 spiro atoms. The predicted molar refractivity (Wildman–Crippen MR) is 97.8 cm³/mol.